The summed E-state index contributed by atoms with van der Waals surface area (Å²) in [6, 6.07) is 4.17. The SMILES string of the molecule is CCc1c(C(CC(=O)O)NC(=O)CNC(=O)c2cccc(NC(=N)N)c2)cc(C(F)(F)F)cc1C(F)(F)F. The normalized spacial score (nSPS) is 12.4. The smallest absolute Gasteiger partial charge is 0.416 e. The third kappa shape index (κ3) is 8.11. The number of alkyl halides is 6. The summed E-state index contributed by atoms with van der Waals surface area (Å²) in [6.45, 7) is 0.474. The molecule has 38 heavy (non-hydrogen) atoms. The predicted molar refractivity (Wildman–Crippen MR) is 123 cm³/mol. The lowest BCUT2D eigenvalue weighted by molar-refractivity contribution is -0.143. The Hall–Kier alpha value is -4.30. The minimum atomic E-state index is -5.18. The molecular formula is C23H23F6N5O4. The lowest BCUT2D eigenvalue weighted by atomic mass is 9.89. The molecule has 0 heterocycles. The average molecular weight is 547 g/mol. The number of benzene rings is 2. The quantitative estimate of drug-likeness (QED) is 0.160. The summed E-state index contributed by atoms with van der Waals surface area (Å²) < 4.78 is 81.0. The van der Waals surface area contributed by atoms with Crippen molar-refractivity contribution in [2.75, 3.05) is 11.9 Å². The first-order chi connectivity index (χ1) is 17.5. The maximum atomic E-state index is 13.6. The lowest BCUT2D eigenvalue weighted by Crippen LogP contribution is -2.39. The van der Waals surface area contributed by atoms with Gasteiger partial charge in [-0.1, -0.05) is 13.0 Å². The Labute approximate surface area is 211 Å². The number of carboxylic acid groups (broad SMARTS) is 1. The van der Waals surface area contributed by atoms with E-state index in [0.29, 0.717) is 6.07 Å². The van der Waals surface area contributed by atoms with Gasteiger partial charge >= 0.3 is 18.3 Å². The van der Waals surface area contributed by atoms with Gasteiger partial charge in [-0.05, 0) is 47.9 Å². The number of aliphatic carboxylic acids is 1. The predicted octanol–water partition coefficient (Wildman–Crippen LogP) is 3.65. The highest BCUT2D eigenvalue weighted by atomic mass is 19.4. The summed E-state index contributed by atoms with van der Waals surface area (Å²) in [7, 11) is 0. The molecule has 2 amide bonds. The molecule has 7 N–H and O–H groups in total. The van der Waals surface area contributed by atoms with Gasteiger partial charge in [0.2, 0.25) is 5.91 Å². The van der Waals surface area contributed by atoms with Crippen LogP contribution in [-0.2, 0) is 28.4 Å². The zero-order valence-electron chi connectivity index (χ0n) is 19.7. The number of hydrogen-bond acceptors (Lipinski definition) is 4. The van der Waals surface area contributed by atoms with Crippen LogP contribution in [0.1, 0.15) is 52.0 Å². The molecule has 0 aromatic heterocycles. The Bertz CT molecular complexity index is 1230. The fourth-order valence-electron chi connectivity index (χ4n) is 3.63. The number of nitrogens with one attached hydrogen (secondary N) is 4. The molecule has 15 heteroatoms. The molecule has 0 spiro atoms. The van der Waals surface area contributed by atoms with Crippen LogP contribution in [0, 0.1) is 5.41 Å². The third-order valence-corrected chi connectivity index (χ3v) is 5.17. The summed E-state index contributed by atoms with van der Waals surface area (Å²) in [5.41, 5.74) is 1.03. The fraction of sp³-hybridized carbons (Fsp3) is 0.304. The van der Waals surface area contributed by atoms with Crippen molar-refractivity contribution < 1.29 is 45.8 Å². The first-order valence-corrected chi connectivity index (χ1v) is 10.8. The number of carboxylic acids is 1. The maximum absolute atomic E-state index is 13.6. The molecule has 0 saturated heterocycles. The second-order valence-corrected chi connectivity index (χ2v) is 7.96. The Morgan fingerprint density at radius 3 is 2.24 bits per heavy atom. The van der Waals surface area contributed by atoms with Gasteiger partial charge in [-0.25, -0.2) is 0 Å². The highest BCUT2D eigenvalue weighted by Gasteiger charge is 2.40. The van der Waals surface area contributed by atoms with E-state index >= 15 is 0 Å². The molecule has 0 saturated carbocycles. The van der Waals surface area contributed by atoms with Crippen molar-refractivity contribution in [2.45, 2.75) is 38.2 Å². The van der Waals surface area contributed by atoms with Crippen LogP contribution < -0.4 is 21.7 Å². The molecule has 1 unspecified atom stereocenters. The maximum Gasteiger partial charge on any atom is 0.416 e. The monoisotopic (exact) mass is 547 g/mol. The molecule has 2 aromatic rings. The van der Waals surface area contributed by atoms with E-state index in [0.717, 1.165) is 0 Å². The average Bonchev–Trinajstić information content (AvgIpc) is 2.79. The number of hydrogen-bond donors (Lipinski definition) is 6. The van der Waals surface area contributed by atoms with Gasteiger partial charge in [0.15, 0.2) is 5.96 Å². The number of carbonyl (C=O) groups excluding carboxylic acids is 2. The van der Waals surface area contributed by atoms with E-state index in [4.69, 9.17) is 11.1 Å². The van der Waals surface area contributed by atoms with Crippen LogP contribution >= 0.6 is 0 Å². The van der Waals surface area contributed by atoms with Crippen molar-refractivity contribution >= 4 is 29.4 Å². The molecule has 206 valence electrons. The van der Waals surface area contributed by atoms with Crippen molar-refractivity contribution in [1.82, 2.24) is 10.6 Å². The molecule has 2 aromatic carbocycles. The van der Waals surface area contributed by atoms with Gasteiger partial charge in [0.25, 0.3) is 5.91 Å². The van der Waals surface area contributed by atoms with Gasteiger partial charge in [0.1, 0.15) is 0 Å². The van der Waals surface area contributed by atoms with Crippen LogP contribution in [0.2, 0.25) is 0 Å². The zero-order valence-corrected chi connectivity index (χ0v) is 19.7. The molecule has 0 aliphatic rings. The van der Waals surface area contributed by atoms with Crippen LogP contribution in [0.5, 0.6) is 0 Å². The van der Waals surface area contributed by atoms with Gasteiger partial charge in [-0.15, -0.1) is 0 Å². The van der Waals surface area contributed by atoms with Crippen molar-refractivity contribution in [3.05, 3.63) is 64.2 Å². The van der Waals surface area contributed by atoms with Gasteiger partial charge in [0.05, 0.1) is 30.1 Å². The summed E-state index contributed by atoms with van der Waals surface area (Å²) >= 11 is 0. The van der Waals surface area contributed by atoms with Crippen molar-refractivity contribution in [3.8, 4) is 0 Å². The van der Waals surface area contributed by atoms with Crippen LogP contribution in [0.4, 0.5) is 32.0 Å². The van der Waals surface area contributed by atoms with Gasteiger partial charge < -0.3 is 26.8 Å². The molecule has 9 nitrogen and oxygen atoms in total. The molecule has 0 radical (unpaired) electrons. The largest absolute Gasteiger partial charge is 0.481 e. The van der Waals surface area contributed by atoms with E-state index in [1.807, 2.05) is 0 Å². The number of rotatable bonds is 9. The Kier molecular flexibility index (Phi) is 9.32. The van der Waals surface area contributed by atoms with Crippen LogP contribution in [0.3, 0.4) is 0 Å². The third-order valence-electron chi connectivity index (χ3n) is 5.17. The number of carbonyl (C=O) groups is 3. The van der Waals surface area contributed by atoms with Crippen LogP contribution in [0.15, 0.2) is 36.4 Å². The highest BCUT2D eigenvalue weighted by Crippen LogP contribution is 2.41. The lowest BCUT2D eigenvalue weighted by Gasteiger charge is -2.25. The van der Waals surface area contributed by atoms with E-state index in [2.05, 4.69) is 16.0 Å². The van der Waals surface area contributed by atoms with Gasteiger partial charge in [-0.2, -0.15) is 26.3 Å². The molecule has 2 rings (SSSR count). The molecule has 0 bridgehead atoms. The van der Waals surface area contributed by atoms with Crippen molar-refractivity contribution in [2.24, 2.45) is 5.73 Å². The zero-order chi connectivity index (χ0) is 28.8. The Balaban J connectivity index is 2.34. The minimum Gasteiger partial charge on any atom is -0.481 e. The minimum absolute atomic E-state index is 0.0344. The number of nitrogens with two attached hydrogens (primary N) is 1. The molecule has 0 fully saturated rings. The molecule has 0 aliphatic carbocycles. The fourth-order valence-corrected chi connectivity index (χ4v) is 3.63. The second kappa shape index (κ2) is 11.8. The summed E-state index contributed by atoms with van der Waals surface area (Å²) in [5, 5.41) is 23.2. The van der Waals surface area contributed by atoms with E-state index < -0.39 is 83.8 Å². The van der Waals surface area contributed by atoms with Crippen molar-refractivity contribution in [3.63, 3.8) is 0 Å². The first kappa shape index (κ1) is 29.9. The number of guanidine groups is 1. The second-order valence-electron chi connectivity index (χ2n) is 7.96. The van der Waals surface area contributed by atoms with E-state index in [-0.39, 0.29) is 17.3 Å². The van der Waals surface area contributed by atoms with E-state index in [1.165, 1.54) is 31.2 Å². The van der Waals surface area contributed by atoms with E-state index in [1.54, 1.807) is 0 Å². The first-order valence-electron chi connectivity index (χ1n) is 10.8. The summed E-state index contributed by atoms with van der Waals surface area (Å²) in [5.74, 6) is -3.84. The summed E-state index contributed by atoms with van der Waals surface area (Å²) in [4.78, 5) is 36.3. The van der Waals surface area contributed by atoms with E-state index in [9.17, 15) is 45.8 Å². The molecule has 0 aliphatic heterocycles. The number of amides is 2. The highest BCUT2D eigenvalue weighted by molar-refractivity contribution is 5.98. The van der Waals surface area contributed by atoms with Crippen LogP contribution in [0.25, 0.3) is 0 Å². The topological polar surface area (TPSA) is 157 Å². The molecular weight excluding hydrogens is 524 g/mol. The van der Waals surface area contributed by atoms with Crippen LogP contribution in [-0.4, -0.2) is 35.4 Å². The van der Waals surface area contributed by atoms with Crippen molar-refractivity contribution in [1.29, 1.82) is 5.41 Å². The Morgan fingerprint density at radius 2 is 1.71 bits per heavy atom. The number of anilines is 1. The Morgan fingerprint density at radius 1 is 1.05 bits per heavy atom. The standard InChI is InChI=1S/C23H23F6N5O4/c1-2-14-15(7-12(22(24,25)26)8-16(14)23(27,28)29)17(9-19(36)37)34-18(35)10-32-20(38)11-4-3-5-13(6-11)33-21(30)31/h3-8,17H,2,9-10H2,1H3,(H,32,38)(H,34,35)(H,36,37)(H4,30,31,33). The molecule has 1 atom stereocenters. The number of halogens is 6. The van der Waals surface area contributed by atoms with Gasteiger partial charge in [-0.3, -0.25) is 19.8 Å². The van der Waals surface area contributed by atoms with Gasteiger partial charge in [0, 0.05) is 11.3 Å². The summed E-state index contributed by atoms with van der Waals surface area (Å²) in [6.07, 6.45) is -11.8.